The van der Waals surface area contributed by atoms with Gasteiger partial charge in [-0.2, -0.15) is 0 Å². The first-order valence-corrected chi connectivity index (χ1v) is 6.46. The number of ether oxygens (including phenoxy) is 1. The third-order valence-corrected chi connectivity index (χ3v) is 3.37. The molecule has 0 spiro atoms. The molecule has 0 amide bonds. The van der Waals surface area contributed by atoms with Gasteiger partial charge in [-0.25, -0.2) is 0 Å². The summed E-state index contributed by atoms with van der Waals surface area (Å²) in [5.74, 6) is 1.29. The fourth-order valence-corrected chi connectivity index (χ4v) is 2.19. The Morgan fingerprint density at radius 1 is 0.895 bits per heavy atom. The van der Waals surface area contributed by atoms with Gasteiger partial charge >= 0.3 is 0 Å². The van der Waals surface area contributed by atoms with Crippen LogP contribution in [0.2, 0.25) is 10.0 Å². The maximum Gasteiger partial charge on any atom is 0.146 e. The molecule has 3 aromatic rings. The van der Waals surface area contributed by atoms with Crippen LogP contribution in [0.15, 0.2) is 54.7 Å². The number of para-hydroxylation sites is 1. The molecule has 1 heterocycles. The summed E-state index contributed by atoms with van der Waals surface area (Å²) in [5.41, 5.74) is 0.832. The molecule has 0 aliphatic rings. The first-order chi connectivity index (χ1) is 9.24. The largest absolute Gasteiger partial charge is 0.456 e. The predicted octanol–water partition coefficient (Wildman–Crippen LogP) is 5.33. The van der Waals surface area contributed by atoms with Crippen LogP contribution in [0.3, 0.4) is 0 Å². The summed E-state index contributed by atoms with van der Waals surface area (Å²) in [6.07, 6.45) is 1.68. The minimum Gasteiger partial charge on any atom is -0.456 e. The van der Waals surface area contributed by atoms with E-state index in [1.54, 1.807) is 18.3 Å². The summed E-state index contributed by atoms with van der Waals surface area (Å²) in [6.45, 7) is 0. The first kappa shape index (κ1) is 12.3. The van der Waals surface area contributed by atoms with Gasteiger partial charge in [0.2, 0.25) is 0 Å². The van der Waals surface area contributed by atoms with Gasteiger partial charge in [0, 0.05) is 11.6 Å². The van der Waals surface area contributed by atoms with Gasteiger partial charge in [-0.15, -0.1) is 0 Å². The number of halogens is 2. The van der Waals surface area contributed by atoms with E-state index in [1.807, 2.05) is 36.4 Å². The van der Waals surface area contributed by atoms with Gasteiger partial charge in [-0.3, -0.25) is 4.98 Å². The Morgan fingerprint density at radius 2 is 1.74 bits per heavy atom. The van der Waals surface area contributed by atoms with Gasteiger partial charge in [0.05, 0.1) is 15.6 Å². The number of pyridine rings is 1. The van der Waals surface area contributed by atoms with Crippen LogP contribution in [0.1, 0.15) is 0 Å². The van der Waals surface area contributed by atoms with Crippen molar-refractivity contribution in [2.75, 3.05) is 0 Å². The van der Waals surface area contributed by atoms with E-state index in [-0.39, 0.29) is 0 Å². The normalized spacial score (nSPS) is 10.6. The van der Waals surface area contributed by atoms with Gasteiger partial charge in [0.1, 0.15) is 11.5 Å². The molecule has 0 saturated carbocycles. The molecule has 1 aromatic heterocycles. The molecule has 3 rings (SSSR count). The van der Waals surface area contributed by atoms with Crippen molar-refractivity contribution in [3.63, 3.8) is 0 Å². The van der Waals surface area contributed by atoms with Crippen molar-refractivity contribution >= 4 is 34.1 Å². The molecule has 2 nitrogen and oxygen atoms in total. The smallest absolute Gasteiger partial charge is 0.146 e. The van der Waals surface area contributed by atoms with Gasteiger partial charge < -0.3 is 4.74 Å². The molecule has 0 aliphatic carbocycles. The van der Waals surface area contributed by atoms with Crippen LogP contribution in [0.4, 0.5) is 0 Å². The minimum absolute atomic E-state index is 0.569. The summed E-state index contributed by atoms with van der Waals surface area (Å²) >= 11 is 12.2. The Morgan fingerprint density at radius 3 is 2.58 bits per heavy atom. The van der Waals surface area contributed by atoms with E-state index in [9.17, 15) is 0 Å². The lowest BCUT2D eigenvalue weighted by Crippen LogP contribution is -1.86. The molecular formula is C15H9Cl2NO. The topological polar surface area (TPSA) is 22.1 Å². The summed E-state index contributed by atoms with van der Waals surface area (Å²) < 4.78 is 5.75. The zero-order chi connectivity index (χ0) is 13.2. The van der Waals surface area contributed by atoms with Crippen LogP contribution in [0.5, 0.6) is 11.5 Å². The Balaban J connectivity index is 2.02. The molecule has 0 fully saturated rings. The lowest BCUT2D eigenvalue weighted by Gasteiger charge is -2.08. The van der Waals surface area contributed by atoms with Crippen molar-refractivity contribution in [1.29, 1.82) is 0 Å². The average molecular weight is 290 g/mol. The number of rotatable bonds is 2. The molecule has 4 heteroatoms. The van der Waals surface area contributed by atoms with E-state index in [1.165, 1.54) is 0 Å². The molecule has 94 valence electrons. The second-order valence-corrected chi connectivity index (χ2v) is 4.82. The highest BCUT2D eigenvalue weighted by Crippen LogP contribution is 2.31. The number of fused-ring (bicyclic) bond motifs is 1. The van der Waals surface area contributed by atoms with Crippen LogP contribution in [-0.4, -0.2) is 4.98 Å². The van der Waals surface area contributed by atoms with E-state index in [4.69, 9.17) is 27.9 Å². The quantitative estimate of drug-likeness (QED) is 0.636. The van der Waals surface area contributed by atoms with Crippen molar-refractivity contribution in [2.45, 2.75) is 0 Å². The van der Waals surface area contributed by atoms with E-state index < -0.39 is 0 Å². The van der Waals surface area contributed by atoms with Gasteiger partial charge in [0.15, 0.2) is 0 Å². The summed E-state index contributed by atoms with van der Waals surface area (Å²) in [4.78, 5) is 4.24. The van der Waals surface area contributed by atoms with Crippen molar-refractivity contribution < 1.29 is 4.74 Å². The van der Waals surface area contributed by atoms with Gasteiger partial charge in [-0.1, -0.05) is 35.3 Å². The number of nitrogens with zero attached hydrogens (tertiary/aromatic N) is 1. The molecule has 19 heavy (non-hydrogen) atoms. The predicted molar refractivity (Wildman–Crippen MR) is 78.3 cm³/mol. The molecule has 0 radical (unpaired) electrons. The first-order valence-electron chi connectivity index (χ1n) is 5.71. The number of hydrogen-bond donors (Lipinski definition) is 0. The Kier molecular flexibility index (Phi) is 3.28. The highest BCUT2D eigenvalue weighted by atomic mass is 35.5. The molecule has 0 saturated heterocycles. The van der Waals surface area contributed by atoms with Crippen LogP contribution in [0, 0.1) is 0 Å². The lowest BCUT2D eigenvalue weighted by atomic mass is 10.2. The fraction of sp³-hybridized carbons (Fsp3) is 0. The minimum atomic E-state index is 0.569. The molecular weight excluding hydrogens is 281 g/mol. The zero-order valence-electron chi connectivity index (χ0n) is 9.81. The summed E-state index contributed by atoms with van der Waals surface area (Å²) in [7, 11) is 0. The summed E-state index contributed by atoms with van der Waals surface area (Å²) in [6, 6.07) is 14.6. The van der Waals surface area contributed by atoms with Crippen LogP contribution >= 0.6 is 23.2 Å². The maximum atomic E-state index is 6.14. The molecule has 0 N–H and O–H groups in total. The standard InChI is InChI=1S/C15H9Cl2NO/c16-12-7-8-18-14-6-5-10(9-11(12)14)19-15-4-2-1-3-13(15)17/h1-9H. The van der Waals surface area contributed by atoms with E-state index >= 15 is 0 Å². The second kappa shape index (κ2) is 5.08. The van der Waals surface area contributed by atoms with Gasteiger partial charge in [0.25, 0.3) is 0 Å². The highest BCUT2D eigenvalue weighted by molar-refractivity contribution is 6.35. The van der Waals surface area contributed by atoms with Crippen molar-refractivity contribution in [3.8, 4) is 11.5 Å². The second-order valence-electron chi connectivity index (χ2n) is 4.00. The van der Waals surface area contributed by atoms with Crippen molar-refractivity contribution in [3.05, 3.63) is 64.8 Å². The van der Waals surface area contributed by atoms with Crippen LogP contribution in [0.25, 0.3) is 10.9 Å². The highest BCUT2D eigenvalue weighted by Gasteiger charge is 2.05. The fourth-order valence-electron chi connectivity index (χ4n) is 1.81. The van der Waals surface area contributed by atoms with Crippen molar-refractivity contribution in [1.82, 2.24) is 4.98 Å². The zero-order valence-corrected chi connectivity index (χ0v) is 11.3. The Labute approximate surface area is 120 Å². The molecule has 0 aliphatic heterocycles. The summed E-state index contributed by atoms with van der Waals surface area (Å²) in [5, 5.41) is 2.07. The number of hydrogen-bond acceptors (Lipinski definition) is 2. The Bertz CT molecular complexity index is 743. The lowest BCUT2D eigenvalue weighted by molar-refractivity contribution is 0.483. The maximum absolute atomic E-state index is 6.14. The van der Waals surface area contributed by atoms with Crippen LogP contribution < -0.4 is 4.74 Å². The van der Waals surface area contributed by atoms with Gasteiger partial charge in [-0.05, 0) is 36.4 Å². The average Bonchev–Trinajstić information content (AvgIpc) is 2.42. The van der Waals surface area contributed by atoms with E-state index in [0.717, 1.165) is 10.9 Å². The third-order valence-electron chi connectivity index (χ3n) is 2.72. The molecule has 0 unspecified atom stereocenters. The third kappa shape index (κ3) is 2.50. The monoisotopic (exact) mass is 289 g/mol. The van der Waals surface area contributed by atoms with E-state index in [0.29, 0.717) is 21.5 Å². The van der Waals surface area contributed by atoms with E-state index in [2.05, 4.69) is 4.98 Å². The molecule has 0 bridgehead atoms. The molecule has 0 atom stereocenters. The number of benzene rings is 2. The number of aromatic nitrogens is 1. The Hall–Kier alpha value is -1.77. The molecule has 2 aromatic carbocycles. The van der Waals surface area contributed by atoms with Crippen LogP contribution in [-0.2, 0) is 0 Å². The SMILES string of the molecule is Clc1ccccc1Oc1ccc2nccc(Cl)c2c1. The van der Waals surface area contributed by atoms with Crippen molar-refractivity contribution in [2.24, 2.45) is 0 Å².